The largest absolute Gasteiger partial charge is 0.376 e. The maximum Gasteiger partial charge on any atom is 0.241 e. The summed E-state index contributed by atoms with van der Waals surface area (Å²) in [6.45, 7) is 4.16. The van der Waals surface area contributed by atoms with Gasteiger partial charge in [0.2, 0.25) is 11.8 Å². The molecule has 2 N–H and O–H groups in total. The Kier molecular flexibility index (Phi) is 7.59. The Hall–Kier alpha value is -2.04. The molecule has 24 heavy (non-hydrogen) atoms. The van der Waals surface area contributed by atoms with Crippen LogP contribution < -0.4 is 10.6 Å². The van der Waals surface area contributed by atoms with Crippen LogP contribution in [-0.2, 0) is 9.59 Å². The molecule has 1 aromatic carbocycles. The topological polar surface area (TPSA) is 61.4 Å². The molecule has 1 aliphatic rings. The second-order valence-corrected chi connectivity index (χ2v) is 6.38. The van der Waals surface area contributed by atoms with Gasteiger partial charge in [-0.15, -0.1) is 0 Å². The second kappa shape index (κ2) is 9.96. The number of likely N-dealkylation sites (tertiary alicyclic amines) is 1. The van der Waals surface area contributed by atoms with Crippen LogP contribution in [0.1, 0.15) is 51.9 Å². The number of anilines is 2. The first-order valence-corrected chi connectivity index (χ1v) is 9.10. The lowest BCUT2D eigenvalue weighted by atomic mass is 10.1. The van der Waals surface area contributed by atoms with Gasteiger partial charge in [0.05, 0.1) is 6.54 Å². The van der Waals surface area contributed by atoms with E-state index >= 15 is 0 Å². The molecule has 0 aromatic heterocycles. The fraction of sp³-hybridized carbons (Fsp3) is 0.579. The summed E-state index contributed by atoms with van der Waals surface area (Å²) < 4.78 is 0. The average Bonchev–Trinajstić information content (AvgIpc) is 2.61. The summed E-state index contributed by atoms with van der Waals surface area (Å²) in [5, 5.41) is 6.08. The molecule has 1 aromatic rings. The molecular formula is C19H29N3O2. The zero-order chi connectivity index (χ0) is 17.2. The molecular weight excluding hydrogens is 302 g/mol. The summed E-state index contributed by atoms with van der Waals surface area (Å²) in [7, 11) is 0. The molecule has 1 heterocycles. The molecule has 1 saturated heterocycles. The van der Waals surface area contributed by atoms with E-state index in [9.17, 15) is 9.59 Å². The second-order valence-electron chi connectivity index (χ2n) is 6.38. The van der Waals surface area contributed by atoms with Gasteiger partial charge in [0, 0.05) is 30.9 Å². The minimum absolute atomic E-state index is 0.0463. The molecule has 0 atom stereocenters. The molecule has 0 unspecified atom stereocenters. The first-order valence-electron chi connectivity index (χ1n) is 9.10. The number of nitrogens with one attached hydrogen (secondary N) is 2. The number of rotatable bonds is 8. The van der Waals surface area contributed by atoms with Crippen molar-refractivity contribution in [2.45, 2.75) is 51.9 Å². The van der Waals surface area contributed by atoms with Crippen LogP contribution in [-0.4, -0.2) is 36.3 Å². The number of hydrogen-bond acceptors (Lipinski definition) is 3. The summed E-state index contributed by atoms with van der Waals surface area (Å²) in [5.74, 6) is 0.189. The van der Waals surface area contributed by atoms with E-state index < -0.39 is 0 Å². The van der Waals surface area contributed by atoms with E-state index in [1.54, 1.807) is 0 Å². The highest BCUT2D eigenvalue weighted by Crippen LogP contribution is 2.16. The molecule has 0 bridgehead atoms. The quantitative estimate of drug-likeness (QED) is 0.715. The smallest absolute Gasteiger partial charge is 0.241 e. The predicted molar refractivity (Wildman–Crippen MR) is 98.1 cm³/mol. The van der Waals surface area contributed by atoms with Crippen molar-refractivity contribution < 1.29 is 9.59 Å². The number of benzene rings is 1. The Labute approximate surface area is 144 Å². The Morgan fingerprint density at radius 3 is 2.58 bits per heavy atom. The molecule has 2 rings (SSSR count). The fourth-order valence-electron chi connectivity index (χ4n) is 2.90. The Morgan fingerprint density at radius 1 is 1.08 bits per heavy atom. The molecule has 0 radical (unpaired) electrons. The minimum atomic E-state index is 0.0463. The standard InChI is InChI=1S/C19H29N3O2/c1-2-3-5-11-18(23)21-17-10-8-9-16(14-17)20-15-19(24)22-12-6-4-7-13-22/h8-10,14,20H,2-7,11-13,15H2,1H3,(H,21,23). The van der Waals surface area contributed by atoms with Crippen molar-refractivity contribution in [1.82, 2.24) is 4.90 Å². The third-order valence-electron chi connectivity index (χ3n) is 4.31. The zero-order valence-electron chi connectivity index (χ0n) is 14.6. The highest BCUT2D eigenvalue weighted by molar-refractivity contribution is 5.91. The van der Waals surface area contributed by atoms with Gasteiger partial charge in [-0.25, -0.2) is 0 Å². The van der Waals surface area contributed by atoms with E-state index in [4.69, 9.17) is 0 Å². The van der Waals surface area contributed by atoms with Crippen molar-refractivity contribution >= 4 is 23.2 Å². The van der Waals surface area contributed by atoms with Crippen LogP contribution in [0.4, 0.5) is 11.4 Å². The third kappa shape index (κ3) is 6.22. The number of carbonyl (C=O) groups is 2. The minimum Gasteiger partial charge on any atom is -0.376 e. The van der Waals surface area contributed by atoms with Gasteiger partial charge in [-0.2, -0.15) is 0 Å². The first-order chi connectivity index (χ1) is 11.7. The van der Waals surface area contributed by atoms with Crippen LogP contribution in [0.15, 0.2) is 24.3 Å². The van der Waals surface area contributed by atoms with Gasteiger partial charge < -0.3 is 15.5 Å². The lowest BCUT2D eigenvalue weighted by Crippen LogP contribution is -2.39. The molecule has 0 saturated carbocycles. The van der Waals surface area contributed by atoms with Crippen molar-refractivity contribution in [1.29, 1.82) is 0 Å². The van der Waals surface area contributed by atoms with Crippen LogP contribution in [0.25, 0.3) is 0 Å². The van der Waals surface area contributed by atoms with Crippen LogP contribution in [0.5, 0.6) is 0 Å². The molecule has 2 amide bonds. The van der Waals surface area contributed by atoms with Crippen LogP contribution >= 0.6 is 0 Å². The van der Waals surface area contributed by atoms with Crippen molar-refractivity contribution in [2.24, 2.45) is 0 Å². The summed E-state index contributed by atoms with van der Waals surface area (Å²) in [4.78, 5) is 26.0. The molecule has 132 valence electrons. The van der Waals surface area contributed by atoms with Crippen LogP contribution in [0.2, 0.25) is 0 Å². The zero-order valence-corrected chi connectivity index (χ0v) is 14.6. The van der Waals surface area contributed by atoms with E-state index in [-0.39, 0.29) is 11.8 Å². The predicted octanol–water partition coefficient (Wildman–Crippen LogP) is 3.63. The number of carbonyl (C=O) groups excluding carboxylic acids is 2. The van der Waals surface area contributed by atoms with E-state index in [0.717, 1.165) is 56.6 Å². The van der Waals surface area contributed by atoms with E-state index in [1.807, 2.05) is 29.2 Å². The number of nitrogens with zero attached hydrogens (tertiary/aromatic N) is 1. The van der Waals surface area contributed by atoms with E-state index in [1.165, 1.54) is 6.42 Å². The number of hydrogen-bond donors (Lipinski definition) is 2. The van der Waals surface area contributed by atoms with Crippen LogP contribution in [0, 0.1) is 0 Å². The Morgan fingerprint density at radius 2 is 1.83 bits per heavy atom. The number of amides is 2. The van der Waals surface area contributed by atoms with Crippen molar-refractivity contribution in [3.63, 3.8) is 0 Å². The van der Waals surface area contributed by atoms with Gasteiger partial charge in [0.25, 0.3) is 0 Å². The summed E-state index contributed by atoms with van der Waals surface area (Å²) in [5.41, 5.74) is 1.62. The Balaban J connectivity index is 1.79. The summed E-state index contributed by atoms with van der Waals surface area (Å²) in [6, 6.07) is 7.54. The normalized spacial score (nSPS) is 14.3. The highest BCUT2D eigenvalue weighted by atomic mass is 16.2. The van der Waals surface area contributed by atoms with Gasteiger partial charge >= 0.3 is 0 Å². The van der Waals surface area contributed by atoms with Crippen LogP contribution in [0.3, 0.4) is 0 Å². The monoisotopic (exact) mass is 331 g/mol. The van der Waals surface area contributed by atoms with Crippen molar-refractivity contribution in [3.8, 4) is 0 Å². The van der Waals surface area contributed by atoms with Gasteiger partial charge in [0.15, 0.2) is 0 Å². The van der Waals surface area contributed by atoms with E-state index in [2.05, 4.69) is 17.6 Å². The molecule has 1 aliphatic heterocycles. The van der Waals surface area contributed by atoms with Crippen molar-refractivity contribution in [3.05, 3.63) is 24.3 Å². The van der Waals surface area contributed by atoms with Gasteiger partial charge in [0.1, 0.15) is 0 Å². The third-order valence-corrected chi connectivity index (χ3v) is 4.31. The molecule has 5 heteroatoms. The Bertz CT molecular complexity index is 539. The van der Waals surface area contributed by atoms with Gasteiger partial charge in [-0.05, 0) is 43.9 Å². The lowest BCUT2D eigenvalue weighted by Gasteiger charge is -2.26. The maximum absolute atomic E-state index is 12.2. The lowest BCUT2D eigenvalue weighted by molar-refractivity contribution is -0.130. The molecule has 5 nitrogen and oxygen atoms in total. The summed E-state index contributed by atoms with van der Waals surface area (Å²) in [6.07, 6.45) is 7.09. The molecule has 1 fully saturated rings. The number of unbranched alkanes of at least 4 members (excludes halogenated alkanes) is 2. The fourth-order valence-corrected chi connectivity index (χ4v) is 2.90. The maximum atomic E-state index is 12.2. The summed E-state index contributed by atoms with van der Waals surface area (Å²) >= 11 is 0. The van der Waals surface area contributed by atoms with Gasteiger partial charge in [-0.3, -0.25) is 9.59 Å². The first kappa shape index (κ1) is 18.3. The van der Waals surface area contributed by atoms with Gasteiger partial charge in [-0.1, -0.05) is 25.8 Å². The highest BCUT2D eigenvalue weighted by Gasteiger charge is 2.15. The molecule has 0 spiro atoms. The van der Waals surface area contributed by atoms with Crippen molar-refractivity contribution in [2.75, 3.05) is 30.3 Å². The van der Waals surface area contributed by atoms with E-state index in [0.29, 0.717) is 13.0 Å². The average molecular weight is 331 g/mol. The number of piperidine rings is 1. The molecule has 0 aliphatic carbocycles. The SMILES string of the molecule is CCCCCC(=O)Nc1cccc(NCC(=O)N2CCCCC2)c1.